The number of nitrogens with zero attached hydrogens (tertiary/aromatic N) is 2. The zero-order valence-electron chi connectivity index (χ0n) is 30.0. The highest BCUT2D eigenvalue weighted by Gasteiger charge is 2.24. The molecule has 0 aliphatic heterocycles. The van der Waals surface area contributed by atoms with E-state index in [2.05, 4.69) is 39.5 Å². The highest BCUT2D eigenvalue weighted by molar-refractivity contribution is 8.13. The van der Waals surface area contributed by atoms with Gasteiger partial charge in [0.15, 0.2) is 0 Å². The molecule has 0 radical (unpaired) electrons. The van der Waals surface area contributed by atoms with Crippen LogP contribution >= 0.6 is 11.8 Å². The van der Waals surface area contributed by atoms with Gasteiger partial charge < -0.3 is 19.3 Å². The zero-order chi connectivity index (χ0) is 33.4. The number of ether oxygens (including phenoxy) is 2. The Morgan fingerprint density at radius 1 is 0.644 bits per heavy atom. The highest BCUT2D eigenvalue weighted by atomic mass is 32.2. The maximum absolute atomic E-state index is 13.2. The molecule has 0 fully saturated rings. The lowest BCUT2D eigenvalue weighted by Gasteiger charge is -2.23. The smallest absolute Gasteiger partial charge is 0.326 e. The van der Waals surface area contributed by atoms with Crippen LogP contribution < -0.4 is 0 Å². The van der Waals surface area contributed by atoms with E-state index in [1.54, 1.807) is 0 Å². The molecule has 0 spiro atoms. The Bertz CT molecular complexity index is 744. The molecule has 0 saturated carbocycles. The summed E-state index contributed by atoms with van der Waals surface area (Å²) in [7, 11) is 0. The lowest BCUT2D eigenvalue weighted by Crippen LogP contribution is -2.39. The third-order valence-electron chi connectivity index (χ3n) is 8.18. The van der Waals surface area contributed by atoms with Crippen molar-refractivity contribution in [2.24, 2.45) is 0 Å². The van der Waals surface area contributed by atoms with E-state index >= 15 is 0 Å². The second-order valence-electron chi connectivity index (χ2n) is 12.2. The molecule has 1 unspecified atom stereocenters. The Morgan fingerprint density at radius 3 is 1.76 bits per heavy atom. The molecule has 0 aliphatic carbocycles. The highest BCUT2D eigenvalue weighted by Crippen LogP contribution is 2.18. The maximum atomic E-state index is 13.2. The van der Waals surface area contributed by atoms with Gasteiger partial charge in [-0.15, -0.1) is 0 Å². The minimum absolute atomic E-state index is 0.140. The number of rotatable bonds is 31. The second-order valence-corrected chi connectivity index (χ2v) is 13.3. The summed E-state index contributed by atoms with van der Waals surface area (Å²) in [5, 5.41) is -0.276. The maximum Gasteiger partial charge on any atom is 0.326 e. The second kappa shape index (κ2) is 32.4. The molecule has 0 heterocycles. The van der Waals surface area contributed by atoms with Crippen LogP contribution in [0.1, 0.15) is 157 Å². The van der Waals surface area contributed by atoms with Crippen molar-refractivity contribution in [1.29, 1.82) is 0 Å². The molecule has 45 heavy (non-hydrogen) atoms. The molecule has 1 atom stereocenters. The van der Waals surface area contributed by atoms with Crippen LogP contribution in [0.25, 0.3) is 0 Å². The Kier molecular flexibility index (Phi) is 31.3. The van der Waals surface area contributed by atoms with Crippen molar-refractivity contribution in [1.82, 2.24) is 9.80 Å². The van der Waals surface area contributed by atoms with Crippen LogP contribution in [-0.2, 0) is 19.1 Å². The summed E-state index contributed by atoms with van der Waals surface area (Å²) in [5.41, 5.74) is 0. The average Bonchev–Trinajstić information content (AvgIpc) is 3.03. The van der Waals surface area contributed by atoms with E-state index in [9.17, 15) is 14.4 Å². The Labute approximate surface area is 282 Å². The fourth-order valence-electron chi connectivity index (χ4n) is 5.25. The van der Waals surface area contributed by atoms with Gasteiger partial charge in [-0.3, -0.25) is 14.4 Å². The number of amides is 1. The van der Waals surface area contributed by atoms with Crippen molar-refractivity contribution >= 4 is 28.9 Å². The summed E-state index contributed by atoms with van der Waals surface area (Å²) in [6.07, 6.45) is 25.1. The first-order valence-corrected chi connectivity index (χ1v) is 19.5. The zero-order valence-corrected chi connectivity index (χ0v) is 30.8. The van der Waals surface area contributed by atoms with Gasteiger partial charge in [0.05, 0.1) is 0 Å². The molecule has 0 saturated heterocycles. The summed E-state index contributed by atoms with van der Waals surface area (Å²) in [6.45, 7) is 13.5. The molecule has 0 rings (SSSR count). The van der Waals surface area contributed by atoms with Crippen LogP contribution in [0, 0.1) is 0 Å². The molecule has 0 aromatic heterocycles. The Hall–Kier alpha value is -1.54. The van der Waals surface area contributed by atoms with Gasteiger partial charge in [-0.25, -0.2) is 0 Å². The minimum atomic E-state index is -0.505. The summed E-state index contributed by atoms with van der Waals surface area (Å²) < 4.78 is 11.4. The number of hydrogen-bond acceptors (Lipinski definition) is 7. The van der Waals surface area contributed by atoms with Crippen molar-refractivity contribution in [3.63, 3.8) is 0 Å². The van der Waals surface area contributed by atoms with Gasteiger partial charge in [-0.2, -0.15) is 0 Å². The van der Waals surface area contributed by atoms with Crippen LogP contribution in [0.4, 0.5) is 4.79 Å². The average molecular weight is 655 g/mol. The quantitative estimate of drug-likeness (QED) is 0.0418. The number of thioether (sulfide) groups is 1. The van der Waals surface area contributed by atoms with Gasteiger partial charge in [0.25, 0.3) is 5.24 Å². The number of carbonyl (C=O) groups is 3. The summed E-state index contributed by atoms with van der Waals surface area (Å²) in [5.74, 6) is -0.304. The molecular formula is C37H70N2O5S. The third kappa shape index (κ3) is 27.3. The lowest BCUT2D eigenvalue weighted by molar-refractivity contribution is -0.151. The van der Waals surface area contributed by atoms with E-state index < -0.39 is 11.9 Å². The summed E-state index contributed by atoms with van der Waals surface area (Å²) >= 11 is 1.17. The van der Waals surface area contributed by atoms with Crippen LogP contribution in [-0.4, -0.2) is 78.2 Å². The first kappa shape index (κ1) is 43.5. The molecule has 0 aliphatic rings. The Balaban J connectivity index is 5.13. The molecule has 0 aromatic carbocycles. The van der Waals surface area contributed by atoms with Crippen molar-refractivity contribution in [3.8, 4) is 0 Å². The van der Waals surface area contributed by atoms with Crippen LogP contribution in [0.2, 0.25) is 0 Å². The van der Waals surface area contributed by atoms with Crippen LogP contribution in [0.3, 0.4) is 0 Å². The largest absolute Gasteiger partial charge is 0.461 e. The molecular weight excluding hydrogens is 584 g/mol. The fraction of sp³-hybridized carbons (Fsp3) is 0.865. The van der Waals surface area contributed by atoms with E-state index in [1.165, 1.54) is 80.9 Å². The standard InChI is InChI=1S/C37H70N2O5S/c1-6-11-14-17-19-22-25-30-43-35(40)32-39(37(42)45-31-26-29-38(9-4)10-5)33-36(41)44-34(27-23-20-16-13-8-3)28-24-21-18-15-12-7-2/h22,25,34H,6-21,23-24,26-33H2,1-5H3/b25-22-. The van der Waals surface area contributed by atoms with E-state index in [0.717, 1.165) is 77.4 Å². The van der Waals surface area contributed by atoms with E-state index in [4.69, 9.17) is 9.47 Å². The minimum Gasteiger partial charge on any atom is -0.461 e. The molecule has 1 amide bonds. The van der Waals surface area contributed by atoms with Crippen LogP contribution in [0.15, 0.2) is 12.2 Å². The normalized spacial score (nSPS) is 12.1. The van der Waals surface area contributed by atoms with Crippen molar-refractivity contribution in [2.45, 2.75) is 163 Å². The molecule has 0 aromatic rings. The predicted molar refractivity (Wildman–Crippen MR) is 192 cm³/mol. The number of unbranched alkanes of at least 4 members (excludes halogenated alkanes) is 13. The SMILES string of the molecule is CCCCCC/C=C\COC(=O)CN(CC(=O)OC(CCCCCCC)CCCCCCCC)C(=O)SCCCN(CC)CC. The monoisotopic (exact) mass is 655 g/mol. The summed E-state index contributed by atoms with van der Waals surface area (Å²) in [6, 6.07) is 0. The fourth-order valence-corrected chi connectivity index (χ4v) is 6.01. The number of carbonyl (C=O) groups excluding carboxylic acids is 3. The van der Waals surface area contributed by atoms with Gasteiger partial charge in [0, 0.05) is 5.75 Å². The first-order valence-electron chi connectivity index (χ1n) is 18.6. The van der Waals surface area contributed by atoms with Gasteiger partial charge in [-0.1, -0.05) is 136 Å². The first-order chi connectivity index (χ1) is 21.9. The molecule has 264 valence electrons. The number of allylic oxidation sites excluding steroid dienone is 1. The molecule has 0 N–H and O–H groups in total. The van der Waals surface area contributed by atoms with Gasteiger partial charge in [-0.05, 0) is 64.6 Å². The van der Waals surface area contributed by atoms with E-state index in [1.807, 2.05) is 12.2 Å². The van der Waals surface area contributed by atoms with E-state index in [0.29, 0.717) is 5.75 Å². The van der Waals surface area contributed by atoms with Crippen molar-refractivity contribution in [3.05, 3.63) is 12.2 Å². The van der Waals surface area contributed by atoms with Crippen molar-refractivity contribution < 1.29 is 23.9 Å². The van der Waals surface area contributed by atoms with E-state index in [-0.39, 0.29) is 31.0 Å². The molecule has 8 heteroatoms. The number of hydrogen-bond donors (Lipinski definition) is 0. The van der Waals surface area contributed by atoms with Gasteiger partial charge in [0.2, 0.25) is 0 Å². The topological polar surface area (TPSA) is 76.1 Å². The lowest BCUT2D eigenvalue weighted by atomic mass is 10.0. The van der Waals surface area contributed by atoms with Crippen LogP contribution in [0.5, 0.6) is 0 Å². The predicted octanol–water partition coefficient (Wildman–Crippen LogP) is 9.97. The Morgan fingerprint density at radius 2 is 1.18 bits per heavy atom. The van der Waals surface area contributed by atoms with Gasteiger partial charge >= 0.3 is 11.9 Å². The van der Waals surface area contributed by atoms with Gasteiger partial charge in [0.1, 0.15) is 25.8 Å². The molecule has 0 bridgehead atoms. The summed E-state index contributed by atoms with van der Waals surface area (Å²) in [4.78, 5) is 42.7. The molecule has 7 nitrogen and oxygen atoms in total. The third-order valence-corrected chi connectivity index (χ3v) is 9.17. The number of esters is 2. The van der Waals surface area contributed by atoms with Crippen molar-refractivity contribution in [2.75, 3.05) is 45.1 Å².